The summed E-state index contributed by atoms with van der Waals surface area (Å²) in [5, 5.41) is 0. The maximum Gasteiger partial charge on any atom is 0.159 e. The molecule has 0 bridgehead atoms. The number of hydrogen-bond donors (Lipinski definition) is 0. The summed E-state index contributed by atoms with van der Waals surface area (Å²) in [5.74, 6) is -0.216. The maximum atomic E-state index is 13.1. The average molecular weight is 435 g/mol. The van der Waals surface area contributed by atoms with Crippen LogP contribution in [0.4, 0.5) is 8.78 Å². The second-order valence-corrected chi connectivity index (χ2v) is 7.35. The van der Waals surface area contributed by atoms with Crippen molar-refractivity contribution >= 4 is 44.4 Å². The highest BCUT2D eigenvalue weighted by Gasteiger charge is 2.21. The molecule has 0 heterocycles. The van der Waals surface area contributed by atoms with E-state index in [1.165, 1.54) is 6.21 Å². The average Bonchev–Trinajstić information content (AvgIpc) is 2.51. The predicted octanol–water partition coefficient (Wildman–Crippen LogP) is 5.17. The van der Waals surface area contributed by atoms with Crippen molar-refractivity contribution in [3.05, 3.63) is 0 Å². The number of nitrogens with zero attached hydrogens (tertiary/aromatic N) is 1. The molecule has 6 heteroatoms. The largest absolute Gasteiger partial charge is 0.300 e. The van der Waals surface area contributed by atoms with Gasteiger partial charge in [-0.1, -0.05) is 59.6 Å². The molecule has 0 aromatic heterocycles. The van der Waals surface area contributed by atoms with Crippen molar-refractivity contribution in [3.8, 4) is 0 Å². The number of rotatable bonds is 8. The Labute approximate surface area is 144 Å². The molecule has 0 aromatic rings. The number of aliphatic imine (C=N–C) groups is 1. The second-order valence-electron chi connectivity index (χ2n) is 5.00. The number of hydrogen-bond acceptors (Lipinski definition) is 2. The summed E-state index contributed by atoms with van der Waals surface area (Å²) in [6.07, 6.45) is 1.24. The van der Waals surface area contributed by atoms with E-state index in [2.05, 4.69) is 36.9 Å². The Balaban J connectivity index is 0. The monoisotopic (exact) mass is 433 g/mol. The van der Waals surface area contributed by atoms with Gasteiger partial charge in [0.15, 0.2) is 12.5 Å². The van der Waals surface area contributed by atoms with Gasteiger partial charge < -0.3 is 4.79 Å². The first-order valence-corrected chi connectivity index (χ1v) is 9.03. The van der Waals surface area contributed by atoms with Crippen molar-refractivity contribution in [2.75, 3.05) is 7.05 Å². The standard InChI is InChI=1S/C8H15BrFN.C7H12BrFO/c1-4-7(9)6(2)8(10)5-11-3;1-3-6(8)5(2)7(9)4-10/h5-8H,4H2,1-3H3;4-7H,3H2,1-2H3/t6-,7+,8-;5-,6+,7-/m11/s1. The van der Waals surface area contributed by atoms with Crippen molar-refractivity contribution in [2.45, 2.75) is 62.5 Å². The first kappa shape index (κ1) is 23.4. The summed E-state index contributed by atoms with van der Waals surface area (Å²) in [6.45, 7) is 7.59. The van der Waals surface area contributed by atoms with Gasteiger partial charge in [-0.25, -0.2) is 8.78 Å². The van der Waals surface area contributed by atoms with Gasteiger partial charge in [0.2, 0.25) is 0 Å². The molecular formula is C15H27Br2F2NO. The van der Waals surface area contributed by atoms with Crippen LogP contribution in [-0.4, -0.2) is 41.5 Å². The highest BCUT2D eigenvalue weighted by Crippen LogP contribution is 2.21. The van der Waals surface area contributed by atoms with Crippen LogP contribution in [0.5, 0.6) is 0 Å². The maximum absolute atomic E-state index is 13.1. The molecule has 0 amide bonds. The van der Waals surface area contributed by atoms with Gasteiger partial charge in [-0.05, 0) is 12.8 Å². The summed E-state index contributed by atoms with van der Waals surface area (Å²) in [4.78, 5) is 14.0. The Morgan fingerprint density at radius 3 is 1.67 bits per heavy atom. The lowest BCUT2D eigenvalue weighted by molar-refractivity contribution is -0.113. The van der Waals surface area contributed by atoms with Crippen LogP contribution in [0.3, 0.4) is 0 Å². The van der Waals surface area contributed by atoms with Crippen LogP contribution in [-0.2, 0) is 4.79 Å². The molecule has 0 aromatic carbocycles. The third-order valence-corrected chi connectivity index (χ3v) is 6.31. The molecule has 21 heavy (non-hydrogen) atoms. The van der Waals surface area contributed by atoms with E-state index in [9.17, 15) is 13.6 Å². The topological polar surface area (TPSA) is 29.4 Å². The first-order valence-electron chi connectivity index (χ1n) is 7.20. The zero-order valence-electron chi connectivity index (χ0n) is 13.4. The fourth-order valence-electron chi connectivity index (χ4n) is 1.54. The molecule has 0 radical (unpaired) electrons. The summed E-state index contributed by atoms with van der Waals surface area (Å²) >= 11 is 6.70. The molecule has 0 aliphatic heterocycles. The zero-order valence-corrected chi connectivity index (χ0v) is 16.6. The van der Waals surface area contributed by atoms with Crippen LogP contribution in [0.1, 0.15) is 40.5 Å². The summed E-state index contributed by atoms with van der Waals surface area (Å²) in [7, 11) is 1.59. The number of carbonyl (C=O) groups excluding carboxylic acids is 1. The first-order chi connectivity index (χ1) is 9.76. The van der Waals surface area contributed by atoms with Gasteiger partial charge in [-0.3, -0.25) is 4.99 Å². The van der Waals surface area contributed by atoms with E-state index < -0.39 is 12.3 Å². The Hall–Kier alpha value is 0.160. The van der Waals surface area contributed by atoms with Crippen LogP contribution < -0.4 is 0 Å². The van der Waals surface area contributed by atoms with Gasteiger partial charge in [0.05, 0.1) is 0 Å². The molecule has 126 valence electrons. The molecule has 0 unspecified atom stereocenters. The van der Waals surface area contributed by atoms with Crippen LogP contribution in [0.15, 0.2) is 4.99 Å². The van der Waals surface area contributed by atoms with Gasteiger partial charge in [-0.2, -0.15) is 0 Å². The van der Waals surface area contributed by atoms with Crippen LogP contribution >= 0.6 is 31.9 Å². The molecule has 0 saturated carbocycles. The number of carbonyl (C=O) groups is 1. The zero-order chi connectivity index (χ0) is 17.0. The van der Waals surface area contributed by atoms with E-state index in [-0.39, 0.29) is 21.5 Å². The minimum Gasteiger partial charge on any atom is -0.300 e. The minimum absolute atomic E-state index is 0.00343. The highest BCUT2D eigenvalue weighted by atomic mass is 79.9. The van der Waals surface area contributed by atoms with Gasteiger partial charge in [0, 0.05) is 34.8 Å². The fourth-order valence-corrected chi connectivity index (χ4v) is 2.13. The normalized spacial score (nSPS) is 19.9. The van der Waals surface area contributed by atoms with Crippen molar-refractivity contribution in [1.29, 1.82) is 0 Å². The molecule has 0 rings (SSSR count). The Kier molecular flexibility index (Phi) is 15.4. The Morgan fingerprint density at radius 2 is 1.38 bits per heavy atom. The van der Waals surface area contributed by atoms with E-state index in [1.54, 1.807) is 14.0 Å². The number of halogens is 4. The van der Waals surface area contributed by atoms with Crippen molar-refractivity contribution in [2.24, 2.45) is 16.8 Å². The Bertz CT molecular complexity index is 293. The summed E-state index contributed by atoms with van der Waals surface area (Å²) in [5.41, 5.74) is 0. The molecule has 0 spiro atoms. The van der Waals surface area contributed by atoms with Crippen molar-refractivity contribution in [3.63, 3.8) is 0 Å². The smallest absolute Gasteiger partial charge is 0.159 e. The van der Waals surface area contributed by atoms with E-state index in [1.807, 2.05) is 20.8 Å². The summed E-state index contributed by atoms with van der Waals surface area (Å²) in [6, 6.07) is 0. The predicted molar refractivity (Wildman–Crippen MR) is 94.6 cm³/mol. The van der Waals surface area contributed by atoms with Crippen LogP contribution in [0.2, 0.25) is 0 Å². The quantitative estimate of drug-likeness (QED) is 0.294. The van der Waals surface area contributed by atoms with E-state index in [0.29, 0.717) is 6.29 Å². The second kappa shape index (κ2) is 13.8. The molecule has 0 saturated heterocycles. The van der Waals surface area contributed by atoms with E-state index in [0.717, 1.165) is 12.8 Å². The molecule has 0 aliphatic rings. The van der Waals surface area contributed by atoms with Gasteiger partial charge >= 0.3 is 0 Å². The number of alkyl halides is 4. The van der Waals surface area contributed by atoms with Crippen LogP contribution in [0, 0.1) is 11.8 Å². The molecule has 0 aliphatic carbocycles. The highest BCUT2D eigenvalue weighted by molar-refractivity contribution is 9.09. The fraction of sp³-hybridized carbons (Fsp3) is 0.867. The molecule has 0 N–H and O–H groups in total. The number of aldehydes is 1. The van der Waals surface area contributed by atoms with Gasteiger partial charge in [-0.15, -0.1) is 0 Å². The van der Waals surface area contributed by atoms with Gasteiger partial charge in [0.1, 0.15) is 6.17 Å². The lowest BCUT2D eigenvalue weighted by atomic mass is 10.0. The third-order valence-electron chi connectivity index (χ3n) is 3.35. The Morgan fingerprint density at radius 1 is 1.00 bits per heavy atom. The third kappa shape index (κ3) is 10.5. The molecule has 0 fully saturated rings. The lowest BCUT2D eigenvalue weighted by Crippen LogP contribution is -2.22. The van der Waals surface area contributed by atoms with E-state index >= 15 is 0 Å². The lowest BCUT2D eigenvalue weighted by Gasteiger charge is -2.17. The van der Waals surface area contributed by atoms with Crippen molar-refractivity contribution < 1.29 is 13.6 Å². The van der Waals surface area contributed by atoms with Gasteiger partial charge in [0.25, 0.3) is 0 Å². The molecular weight excluding hydrogens is 408 g/mol. The minimum atomic E-state index is -1.33. The molecule has 6 atom stereocenters. The van der Waals surface area contributed by atoms with Crippen molar-refractivity contribution in [1.82, 2.24) is 0 Å². The summed E-state index contributed by atoms with van der Waals surface area (Å²) < 4.78 is 25.6. The van der Waals surface area contributed by atoms with Crippen LogP contribution in [0.25, 0.3) is 0 Å². The molecule has 2 nitrogen and oxygen atoms in total. The SMILES string of the molecule is CC[C@H](Br)[C@@H](C)[C@H](F)C=NC.CC[C@H](Br)[C@@H](C)[C@H](F)C=O. The van der Waals surface area contributed by atoms with E-state index in [4.69, 9.17) is 0 Å².